The Morgan fingerprint density at radius 3 is 2.50 bits per heavy atom. The van der Waals surface area contributed by atoms with Gasteiger partial charge in [-0.2, -0.15) is 0 Å². The van der Waals surface area contributed by atoms with Crippen LogP contribution in [0.25, 0.3) is 0 Å². The molecular weight excluding hydrogens is 370 g/mol. The number of carbonyl (C=O) groups is 1. The van der Waals surface area contributed by atoms with Crippen LogP contribution in [-0.4, -0.2) is 26.0 Å². The average Bonchev–Trinajstić information content (AvgIpc) is 3.15. The average molecular weight is 394 g/mol. The summed E-state index contributed by atoms with van der Waals surface area (Å²) >= 11 is 1.45. The molecular formula is C21H23N5OS. The molecule has 2 aromatic carbocycles. The zero-order valence-corrected chi connectivity index (χ0v) is 16.7. The largest absolute Gasteiger partial charge is 0.325 e. The molecule has 0 radical (unpaired) electrons. The molecule has 0 aliphatic carbocycles. The Morgan fingerprint density at radius 2 is 1.82 bits per heavy atom. The monoisotopic (exact) mass is 393 g/mol. The van der Waals surface area contributed by atoms with Gasteiger partial charge in [0.1, 0.15) is 5.25 Å². The van der Waals surface area contributed by atoms with E-state index in [9.17, 15) is 4.79 Å². The molecule has 7 heteroatoms. The first-order valence-corrected chi connectivity index (χ1v) is 10.4. The standard InChI is InChI=1S/C21H23N5OS/c1-3-14-10-12-15(13-11-14)18-19(20(27)22-16-8-6-5-7-9-16)28-21-24-23-17(4-2)26(21)25-18/h5-13,18-19,25H,3-4H2,1-2H3,(H,22,27)/t18-,19+/m1/s1. The summed E-state index contributed by atoms with van der Waals surface area (Å²) in [4.78, 5) is 13.1. The van der Waals surface area contributed by atoms with E-state index in [0.717, 1.165) is 29.9 Å². The molecule has 0 saturated heterocycles. The second kappa shape index (κ2) is 8.06. The number of carbonyl (C=O) groups excluding carboxylic acids is 1. The molecule has 6 nitrogen and oxygen atoms in total. The smallest absolute Gasteiger partial charge is 0.240 e. The molecule has 1 aliphatic rings. The summed E-state index contributed by atoms with van der Waals surface area (Å²) in [5.74, 6) is 0.806. The lowest BCUT2D eigenvalue weighted by atomic mass is 10.0. The molecule has 2 atom stereocenters. The summed E-state index contributed by atoms with van der Waals surface area (Å²) in [7, 11) is 0. The van der Waals surface area contributed by atoms with Crippen LogP contribution in [0.15, 0.2) is 59.8 Å². The Hall–Kier alpha value is -2.80. The lowest BCUT2D eigenvalue weighted by molar-refractivity contribution is -0.116. The molecule has 144 valence electrons. The van der Waals surface area contributed by atoms with Crippen LogP contribution in [0.5, 0.6) is 0 Å². The number of amides is 1. The first kappa shape index (κ1) is 18.6. The van der Waals surface area contributed by atoms with Gasteiger partial charge in [0, 0.05) is 12.1 Å². The molecule has 2 N–H and O–H groups in total. The van der Waals surface area contributed by atoms with Crippen molar-refractivity contribution < 1.29 is 4.79 Å². The molecule has 1 aliphatic heterocycles. The minimum absolute atomic E-state index is 0.0550. The van der Waals surface area contributed by atoms with E-state index in [1.54, 1.807) is 0 Å². The molecule has 0 fully saturated rings. The second-order valence-electron chi connectivity index (χ2n) is 6.68. The highest BCUT2D eigenvalue weighted by molar-refractivity contribution is 8.00. The Labute approximate surface area is 168 Å². The van der Waals surface area contributed by atoms with Gasteiger partial charge in [0.2, 0.25) is 11.1 Å². The molecule has 1 aromatic heterocycles. The number of nitrogens with one attached hydrogen (secondary N) is 2. The SMILES string of the molecule is CCc1ccc([C@H]2Nn3c(CC)nnc3S[C@@H]2C(=O)Nc2ccccc2)cc1. The molecule has 0 unspecified atom stereocenters. The summed E-state index contributed by atoms with van der Waals surface area (Å²) in [6, 6.07) is 17.8. The Balaban J connectivity index is 1.67. The molecule has 0 spiro atoms. The summed E-state index contributed by atoms with van der Waals surface area (Å²) in [5, 5.41) is 11.9. The van der Waals surface area contributed by atoms with Crippen LogP contribution >= 0.6 is 11.8 Å². The number of nitrogens with zero attached hydrogens (tertiary/aromatic N) is 3. The van der Waals surface area contributed by atoms with Gasteiger partial charge in [0.05, 0.1) is 6.04 Å². The molecule has 2 heterocycles. The zero-order valence-electron chi connectivity index (χ0n) is 15.9. The Morgan fingerprint density at radius 1 is 1.07 bits per heavy atom. The van der Waals surface area contributed by atoms with E-state index in [1.165, 1.54) is 17.3 Å². The number of para-hydroxylation sites is 1. The molecule has 4 rings (SSSR count). The third-order valence-electron chi connectivity index (χ3n) is 4.87. The molecule has 0 bridgehead atoms. The number of anilines is 1. The number of thioether (sulfide) groups is 1. The van der Waals surface area contributed by atoms with Gasteiger partial charge in [-0.1, -0.05) is 68.1 Å². The lowest BCUT2D eigenvalue weighted by Crippen LogP contribution is -2.41. The van der Waals surface area contributed by atoms with E-state index in [-0.39, 0.29) is 17.2 Å². The third-order valence-corrected chi connectivity index (χ3v) is 6.08. The van der Waals surface area contributed by atoms with E-state index in [4.69, 9.17) is 0 Å². The van der Waals surface area contributed by atoms with E-state index >= 15 is 0 Å². The van der Waals surface area contributed by atoms with E-state index < -0.39 is 0 Å². The fourth-order valence-corrected chi connectivity index (χ4v) is 4.37. The van der Waals surface area contributed by atoms with Gasteiger partial charge < -0.3 is 10.7 Å². The number of aromatic nitrogens is 3. The third kappa shape index (κ3) is 3.62. The summed E-state index contributed by atoms with van der Waals surface area (Å²) in [5.41, 5.74) is 6.61. The van der Waals surface area contributed by atoms with Gasteiger partial charge in [0.25, 0.3) is 0 Å². The van der Waals surface area contributed by atoms with E-state index in [2.05, 4.69) is 52.1 Å². The van der Waals surface area contributed by atoms with Gasteiger partial charge in [-0.3, -0.25) is 4.79 Å². The highest BCUT2D eigenvalue weighted by atomic mass is 32.2. The van der Waals surface area contributed by atoms with Crippen molar-refractivity contribution in [2.24, 2.45) is 0 Å². The molecule has 28 heavy (non-hydrogen) atoms. The number of fused-ring (bicyclic) bond motifs is 1. The van der Waals surface area contributed by atoms with Gasteiger partial charge in [0.15, 0.2) is 5.82 Å². The topological polar surface area (TPSA) is 71.8 Å². The zero-order chi connectivity index (χ0) is 19.5. The first-order chi connectivity index (χ1) is 13.7. The minimum Gasteiger partial charge on any atom is -0.325 e. The van der Waals surface area contributed by atoms with Gasteiger partial charge in [-0.05, 0) is 29.7 Å². The number of hydrogen-bond acceptors (Lipinski definition) is 5. The molecule has 1 amide bonds. The molecule has 3 aromatic rings. The number of hydrogen-bond donors (Lipinski definition) is 2. The second-order valence-corrected chi connectivity index (χ2v) is 7.79. The van der Waals surface area contributed by atoms with Crippen LogP contribution in [0.1, 0.15) is 36.8 Å². The van der Waals surface area contributed by atoms with Crippen LogP contribution in [-0.2, 0) is 17.6 Å². The van der Waals surface area contributed by atoms with Gasteiger partial charge in [-0.25, -0.2) is 4.68 Å². The normalized spacial score (nSPS) is 18.2. The molecule has 0 saturated carbocycles. The predicted molar refractivity (Wildman–Crippen MR) is 112 cm³/mol. The van der Waals surface area contributed by atoms with Crippen molar-refractivity contribution in [3.8, 4) is 0 Å². The highest BCUT2D eigenvalue weighted by Gasteiger charge is 2.37. The van der Waals surface area contributed by atoms with Crippen molar-refractivity contribution in [3.05, 3.63) is 71.5 Å². The first-order valence-electron chi connectivity index (χ1n) is 9.51. The van der Waals surface area contributed by atoms with Gasteiger partial charge in [-0.15, -0.1) is 10.2 Å². The summed E-state index contributed by atoms with van der Waals surface area (Å²) < 4.78 is 1.91. The maximum absolute atomic E-state index is 13.1. The fourth-order valence-electron chi connectivity index (χ4n) is 3.27. The Kier molecular flexibility index (Phi) is 5.34. The van der Waals surface area contributed by atoms with Crippen molar-refractivity contribution in [2.45, 2.75) is 43.1 Å². The highest BCUT2D eigenvalue weighted by Crippen LogP contribution is 2.37. The Bertz CT molecular complexity index is 955. The van der Waals surface area contributed by atoms with Crippen molar-refractivity contribution in [3.63, 3.8) is 0 Å². The fraction of sp³-hybridized carbons (Fsp3) is 0.286. The van der Waals surface area contributed by atoms with Crippen LogP contribution in [0.2, 0.25) is 0 Å². The van der Waals surface area contributed by atoms with Crippen molar-refractivity contribution in [1.82, 2.24) is 14.9 Å². The van der Waals surface area contributed by atoms with E-state index in [0.29, 0.717) is 5.16 Å². The predicted octanol–water partition coefficient (Wildman–Crippen LogP) is 3.80. The van der Waals surface area contributed by atoms with Crippen molar-refractivity contribution >= 4 is 23.4 Å². The lowest BCUT2D eigenvalue weighted by Gasteiger charge is -2.33. The van der Waals surface area contributed by atoms with E-state index in [1.807, 2.05) is 41.9 Å². The number of benzene rings is 2. The van der Waals surface area contributed by atoms with Gasteiger partial charge >= 0.3 is 0 Å². The van der Waals surface area contributed by atoms with Crippen LogP contribution in [0.3, 0.4) is 0 Å². The van der Waals surface area contributed by atoms with Crippen molar-refractivity contribution in [1.29, 1.82) is 0 Å². The van der Waals surface area contributed by atoms with Crippen LogP contribution in [0.4, 0.5) is 5.69 Å². The maximum Gasteiger partial charge on any atom is 0.240 e. The summed E-state index contributed by atoms with van der Waals surface area (Å²) in [6.07, 6.45) is 1.75. The van der Waals surface area contributed by atoms with Crippen LogP contribution < -0.4 is 10.7 Å². The van der Waals surface area contributed by atoms with Crippen LogP contribution in [0, 0.1) is 0 Å². The quantitative estimate of drug-likeness (QED) is 0.690. The number of rotatable bonds is 5. The van der Waals surface area contributed by atoms with Crippen molar-refractivity contribution in [2.75, 3.05) is 10.7 Å². The summed E-state index contributed by atoms with van der Waals surface area (Å²) in [6.45, 7) is 4.18. The minimum atomic E-state index is -0.367. The maximum atomic E-state index is 13.1. The number of aryl methyl sites for hydroxylation is 2.